The van der Waals surface area contributed by atoms with E-state index in [1.807, 2.05) is 0 Å². The zero-order valence-corrected chi connectivity index (χ0v) is 12.7. The van der Waals surface area contributed by atoms with Crippen LogP contribution in [0.2, 0.25) is 0 Å². The van der Waals surface area contributed by atoms with Gasteiger partial charge in [0.05, 0.1) is 6.42 Å². The molecule has 0 amide bonds. The number of carbonyl (C=O) groups excluding carboxylic acids is 2. The van der Waals surface area contributed by atoms with Crippen molar-refractivity contribution in [3.63, 3.8) is 0 Å². The highest BCUT2D eigenvalue weighted by atomic mass is 35.5. The molecule has 0 aromatic heterocycles. The fourth-order valence-corrected chi connectivity index (χ4v) is 1.02. The van der Waals surface area contributed by atoms with Crippen LogP contribution >= 0.6 is 12.4 Å². The van der Waals surface area contributed by atoms with Crippen molar-refractivity contribution in [2.75, 3.05) is 0 Å². The molecule has 0 saturated carbocycles. The van der Waals surface area contributed by atoms with Gasteiger partial charge in [-0.15, -0.1) is 12.4 Å². The molecule has 0 saturated heterocycles. The van der Waals surface area contributed by atoms with E-state index in [0.29, 0.717) is 0 Å². The summed E-state index contributed by atoms with van der Waals surface area (Å²) in [5, 5.41) is 0. The summed E-state index contributed by atoms with van der Waals surface area (Å²) in [6.45, 7) is 10.5. The van der Waals surface area contributed by atoms with E-state index in [4.69, 9.17) is 15.2 Å². The van der Waals surface area contributed by atoms with Gasteiger partial charge in [0, 0.05) is 0 Å². The molecule has 0 aliphatic rings. The highest BCUT2D eigenvalue weighted by Crippen LogP contribution is 2.11. The normalized spacial score (nSPS) is 13.3. The third-order valence-corrected chi connectivity index (χ3v) is 1.52. The lowest BCUT2D eigenvalue weighted by atomic mass is 10.1. The van der Waals surface area contributed by atoms with E-state index in [1.54, 1.807) is 41.5 Å². The fourth-order valence-electron chi connectivity index (χ4n) is 1.02. The third-order valence-electron chi connectivity index (χ3n) is 1.52. The molecule has 1 atom stereocenters. The summed E-state index contributed by atoms with van der Waals surface area (Å²) >= 11 is 0. The Hall–Kier alpha value is -0.810. The first kappa shape index (κ1) is 19.5. The van der Waals surface area contributed by atoms with Crippen LogP contribution < -0.4 is 5.73 Å². The number of rotatable bonds is 3. The lowest BCUT2D eigenvalue weighted by Crippen LogP contribution is -2.40. The molecule has 2 N–H and O–H groups in total. The van der Waals surface area contributed by atoms with Crippen LogP contribution in [0.15, 0.2) is 0 Å². The summed E-state index contributed by atoms with van der Waals surface area (Å²) in [6.07, 6.45) is -0.174. The molecule has 0 aromatic rings. The highest BCUT2D eigenvalue weighted by molar-refractivity contribution is 5.85. The van der Waals surface area contributed by atoms with Crippen molar-refractivity contribution in [3.05, 3.63) is 0 Å². The predicted octanol–water partition coefficient (Wildman–Crippen LogP) is 1.81. The predicted molar refractivity (Wildman–Crippen MR) is 71.5 cm³/mol. The maximum absolute atomic E-state index is 11.5. The van der Waals surface area contributed by atoms with Gasteiger partial charge in [0.25, 0.3) is 0 Å². The Kier molecular flexibility index (Phi) is 7.54. The molecule has 0 radical (unpaired) electrons. The van der Waals surface area contributed by atoms with Crippen molar-refractivity contribution in [1.29, 1.82) is 0 Å². The molecule has 0 heterocycles. The minimum atomic E-state index is -0.982. The Morgan fingerprint density at radius 3 is 1.72 bits per heavy atom. The molecule has 0 aromatic carbocycles. The zero-order chi connectivity index (χ0) is 13.9. The lowest BCUT2D eigenvalue weighted by Gasteiger charge is -2.23. The zero-order valence-electron chi connectivity index (χ0n) is 11.9. The van der Waals surface area contributed by atoms with Gasteiger partial charge in [0.15, 0.2) is 0 Å². The third kappa shape index (κ3) is 10.4. The Morgan fingerprint density at radius 2 is 1.39 bits per heavy atom. The van der Waals surface area contributed by atoms with Gasteiger partial charge in [-0.3, -0.25) is 9.59 Å². The Bertz CT molecular complexity index is 291. The largest absolute Gasteiger partial charge is 0.460 e. The van der Waals surface area contributed by atoms with E-state index >= 15 is 0 Å². The molecule has 0 aliphatic heterocycles. The van der Waals surface area contributed by atoms with Crippen LogP contribution in [0.5, 0.6) is 0 Å². The molecule has 0 aliphatic carbocycles. The van der Waals surface area contributed by atoms with Crippen LogP contribution in [0.4, 0.5) is 0 Å². The first-order valence-electron chi connectivity index (χ1n) is 5.61. The van der Waals surface area contributed by atoms with Gasteiger partial charge in [-0.05, 0) is 41.5 Å². The number of ether oxygens (including phenoxy) is 2. The average Bonchev–Trinajstić information content (AvgIpc) is 1.95. The van der Waals surface area contributed by atoms with Crippen LogP contribution in [0.25, 0.3) is 0 Å². The second-order valence-corrected chi connectivity index (χ2v) is 5.93. The Balaban J connectivity index is 0. The number of hydrogen-bond acceptors (Lipinski definition) is 5. The molecule has 0 rings (SSSR count). The van der Waals surface area contributed by atoms with Gasteiger partial charge < -0.3 is 15.2 Å². The van der Waals surface area contributed by atoms with Gasteiger partial charge in [-0.25, -0.2) is 0 Å². The van der Waals surface area contributed by atoms with E-state index in [2.05, 4.69) is 0 Å². The number of hydrogen-bond donors (Lipinski definition) is 1. The summed E-state index contributed by atoms with van der Waals surface area (Å²) in [6, 6.07) is -0.982. The number of nitrogens with two attached hydrogens (primary N) is 1. The van der Waals surface area contributed by atoms with Gasteiger partial charge in [0.1, 0.15) is 17.2 Å². The minimum Gasteiger partial charge on any atom is -0.460 e. The molecule has 0 bridgehead atoms. The van der Waals surface area contributed by atoms with Gasteiger partial charge in [-0.1, -0.05) is 0 Å². The van der Waals surface area contributed by atoms with Gasteiger partial charge >= 0.3 is 11.9 Å². The maximum atomic E-state index is 11.5. The second kappa shape index (κ2) is 6.95. The number of halogens is 1. The average molecular weight is 282 g/mol. The van der Waals surface area contributed by atoms with Crippen molar-refractivity contribution < 1.29 is 19.1 Å². The van der Waals surface area contributed by atoms with E-state index in [0.717, 1.165) is 0 Å². The summed E-state index contributed by atoms with van der Waals surface area (Å²) < 4.78 is 10.1. The van der Waals surface area contributed by atoms with Crippen molar-refractivity contribution in [3.8, 4) is 0 Å². The van der Waals surface area contributed by atoms with E-state index < -0.39 is 29.2 Å². The molecular formula is C12H24ClNO4. The van der Waals surface area contributed by atoms with E-state index in [9.17, 15) is 9.59 Å². The SMILES string of the molecule is CC(C)(C)OC(=O)CC(N)C(=O)OC(C)(C)C.Cl. The minimum absolute atomic E-state index is 0. The number of carbonyl (C=O) groups is 2. The second-order valence-electron chi connectivity index (χ2n) is 5.93. The molecule has 0 spiro atoms. The van der Waals surface area contributed by atoms with Crippen molar-refractivity contribution >= 4 is 24.3 Å². The van der Waals surface area contributed by atoms with Crippen molar-refractivity contribution in [2.45, 2.75) is 65.2 Å². The summed E-state index contributed by atoms with van der Waals surface area (Å²) in [4.78, 5) is 22.9. The molecule has 0 fully saturated rings. The van der Waals surface area contributed by atoms with Gasteiger partial charge in [0.2, 0.25) is 0 Å². The first-order valence-corrected chi connectivity index (χ1v) is 5.61. The topological polar surface area (TPSA) is 78.6 Å². The summed E-state index contributed by atoms with van der Waals surface area (Å²) in [7, 11) is 0. The molecule has 5 nitrogen and oxygen atoms in total. The summed E-state index contributed by atoms with van der Waals surface area (Å²) in [5.74, 6) is -1.10. The molecule has 6 heteroatoms. The van der Waals surface area contributed by atoms with E-state index in [-0.39, 0.29) is 18.8 Å². The number of esters is 2. The van der Waals surface area contributed by atoms with Crippen LogP contribution in [0.3, 0.4) is 0 Å². The van der Waals surface area contributed by atoms with Crippen LogP contribution in [0.1, 0.15) is 48.0 Å². The van der Waals surface area contributed by atoms with Crippen molar-refractivity contribution in [1.82, 2.24) is 0 Å². The maximum Gasteiger partial charge on any atom is 0.324 e. The Labute approximate surface area is 115 Å². The van der Waals surface area contributed by atoms with Crippen LogP contribution in [0, 0.1) is 0 Å². The first-order chi connectivity index (χ1) is 7.41. The fraction of sp³-hybridized carbons (Fsp3) is 0.833. The molecule has 108 valence electrons. The van der Waals surface area contributed by atoms with Crippen LogP contribution in [-0.2, 0) is 19.1 Å². The van der Waals surface area contributed by atoms with Crippen molar-refractivity contribution in [2.24, 2.45) is 5.73 Å². The summed E-state index contributed by atoms with van der Waals surface area (Å²) in [5.41, 5.74) is 4.38. The quantitative estimate of drug-likeness (QED) is 0.798. The molecular weight excluding hydrogens is 258 g/mol. The smallest absolute Gasteiger partial charge is 0.324 e. The standard InChI is InChI=1S/C12H23NO4.ClH/c1-11(2,3)16-9(14)7-8(13)10(15)17-12(4,5)6;/h8H,7,13H2,1-6H3;1H. The molecule has 1 unspecified atom stereocenters. The highest BCUT2D eigenvalue weighted by Gasteiger charge is 2.26. The Morgan fingerprint density at radius 1 is 1.00 bits per heavy atom. The van der Waals surface area contributed by atoms with Crippen LogP contribution in [-0.4, -0.2) is 29.2 Å². The molecule has 18 heavy (non-hydrogen) atoms. The lowest BCUT2D eigenvalue weighted by molar-refractivity contribution is -0.163. The van der Waals surface area contributed by atoms with E-state index in [1.165, 1.54) is 0 Å². The van der Waals surface area contributed by atoms with Gasteiger partial charge in [-0.2, -0.15) is 0 Å². The monoisotopic (exact) mass is 281 g/mol.